The number of rotatable bonds is 5. The van der Waals surface area contributed by atoms with Gasteiger partial charge in [-0.25, -0.2) is 0 Å². The Kier molecular flexibility index (Phi) is 4.59. The molecule has 1 heterocycles. The van der Waals surface area contributed by atoms with Gasteiger partial charge in [-0.05, 0) is 31.0 Å². The average molecular weight is 248 g/mol. The van der Waals surface area contributed by atoms with Gasteiger partial charge in [0.15, 0.2) is 0 Å². The summed E-state index contributed by atoms with van der Waals surface area (Å²) < 4.78 is 5.28. The second-order valence-corrected chi connectivity index (χ2v) is 4.54. The smallest absolute Gasteiger partial charge is 0.224 e. The molecule has 0 bridgehead atoms. The number of carbonyl (C=O) groups excluding carboxylic acids is 1. The van der Waals surface area contributed by atoms with E-state index in [1.165, 1.54) is 0 Å². The van der Waals surface area contributed by atoms with Crippen molar-refractivity contribution < 1.29 is 9.53 Å². The standard InChI is InChI=1S/C14H20N2O2/c1-18-13-5-3-2-4-11(13)7-9-16-14(17)12-6-8-15-10-12/h2-5,12,15H,6-10H2,1H3,(H,16,17). The van der Waals surface area contributed by atoms with Crippen molar-refractivity contribution in [2.75, 3.05) is 26.7 Å². The Balaban J connectivity index is 1.79. The highest BCUT2D eigenvalue weighted by molar-refractivity contribution is 5.79. The van der Waals surface area contributed by atoms with Crippen LogP contribution in [0.25, 0.3) is 0 Å². The first-order valence-corrected chi connectivity index (χ1v) is 6.41. The second kappa shape index (κ2) is 6.40. The number of hydrogen-bond donors (Lipinski definition) is 2. The predicted molar refractivity (Wildman–Crippen MR) is 70.7 cm³/mol. The Morgan fingerprint density at radius 2 is 2.33 bits per heavy atom. The van der Waals surface area contributed by atoms with Crippen molar-refractivity contribution in [3.05, 3.63) is 29.8 Å². The molecule has 1 aromatic carbocycles. The number of para-hydroxylation sites is 1. The van der Waals surface area contributed by atoms with Gasteiger partial charge in [-0.15, -0.1) is 0 Å². The third kappa shape index (κ3) is 3.23. The molecule has 0 aliphatic carbocycles. The minimum atomic E-state index is 0.141. The molecule has 0 radical (unpaired) electrons. The molecular weight excluding hydrogens is 228 g/mol. The average Bonchev–Trinajstić information content (AvgIpc) is 2.93. The van der Waals surface area contributed by atoms with Gasteiger partial charge in [0.1, 0.15) is 5.75 Å². The van der Waals surface area contributed by atoms with Gasteiger partial charge in [-0.1, -0.05) is 18.2 Å². The van der Waals surface area contributed by atoms with E-state index >= 15 is 0 Å². The van der Waals surface area contributed by atoms with Crippen LogP contribution in [0.15, 0.2) is 24.3 Å². The van der Waals surface area contributed by atoms with Crippen molar-refractivity contribution >= 4 is 5.91 Å². The first kappa shape index (κ1) is 12.9. The number of benzene rings is 1. The molecule has 98 valence electrons. The number of amides is 1. The summed E-state index contributed by atoms with van der Waals surface area (Å²) in [6.45, 7) is 2.42. The van der Waals surface area contributed by atoms with E-state index in [1.54, 1.807) is 7.11 Å². The normalized spacial score (nSPS) is 18.6. The van der Waals surface area contributed by atoms with Crippen molar-refractivity contribution in [2.24, 2.45) is 5.92 Å². The minimum absolute atomic E-state index is 0.141. The lowest BCUT2D eigenvalue weighted by Gasteiger charge is -2.11. The number of methoxy groups -OCH3 is 1. The molecule has 2 N–H and O–H groups in total. The van der Waals surface area contributed by atoms with Gasteiger partial charge >= 0.3 is 0 Å². The first-order chi connectivity index (χ1) is 8.81. The van der Waals surface area contributed by atoms with Gasteiger partial charge < -0.3 is 15.4 Å². The van der Waals surface area contributed by atoms with Crippen molar-refractivity contribution in [1.29, 1.82) is 0 Å². The van der Waals surface area contributed by atoms with Crippen molar-refractivity contribution in [1.82, 2.24) is 10.6 Å². The van der Waals surface area contributed by atoms with Crippen molar-refractivity contribution in [2.45, 2.75) is 12.8 Å². The van der Waals surface area contributed by atoms with E-state index in [0.717, 1.165) is 37.2 Å². The van der Waals surface area contributed by atoms with Crippen LogP contribution >= 0.6 is 0 Å². The van der Waals surface area contributed by atoms with E-state index in [1.807, 2.05) is 24.3 Å². The lowest BCUT2D eigenvalue weighted by Crippen LogP contribution is -2.33. The molecule has 0 spiro atoms. The van der Waals surface area contributed by atoms with E-state index < -0.39 is 0 Å². The third-order valence-electron chi connectivity index (χ3n) is 3.32. The van der Waals surface area contributed by atoms with E-state index in [2.05, 4.69) is 10.6 Å². The molecule has 2 rings (SSSR count). The highest BCUT2D eigenvalue weighted by Gasteiger charge is 2.21. The molecule has 0 saturated carbocycles. The molecule has 1 aromatic rings. The lowest BCUT2D eigenvalue weighted by atomic mass is 10.1. The van der Waals surface area contributed by atoms with E-state index in [4.69, 9.17) is 4.74 Å². The summed E-state index contributed by atoms with van der Waals surface area (Å²) >= 11 is 0. The third-order valence-corrected chi connectivity index (χ3v) is 3.32. The number of hydrogen-bond acceptors (Lipinski definition) is 3. The summed E-state index contributed by atoms with van der Waals surface area (Å²) in [6, 6.07) is 7.91. The van der Waals surface area contributed by atoms with Crippen LogP contribution in [0.4, 0.5) is 0 Å². The molecule has 1 amide bonds. The topological polar surface area (TPSA) is 50.4 Å². The van der Waals surface area contributed by atoms with Crippen LogP contribution in [0, 0.1) is 5.92 Å². The molecule has 1 aliphatic rings. The van der Waals surface area contributed by atoms with Gasteiger partial charge in [-0.3, -0.25) is 4.79 Å². The zero-order chi connectivity index (χ0) is 12.8. The molecule has 18 heavy (non-hydrogen) atoms. The quantitative estimate of drug-likeness (QED) is 0.816. The SMILES string of the molecule is COc1ccccc1CCNC(=O)C1CCNC1. The van der Waals surface area contributed by atoms with Crippen LogP contribution in [0.1, 0.15) is 12.0 Å². The Morgan fingerprint density at radius 1 is 1.50 bits per heavy atom. The highest BCUT2D eigenvalue weighted by Crippen LogP contribution is 2.17. The maximum absolute atomic E-state index is 11.8. The predicted octanol–water partition coefficient (Wildman–Crippen LogP) is 0.963. The Hall–Kier alpha value is -1.55. The summed E-state index contributed by atoms with van der Waals surface area (Å²) in [6.07, 6.45) is 1.75. The fraction of sp³-hybridized carbons (Fsp3) is 0.500. The van der Waals surface area contributed by atoms with Gasteiger partial charge in [0, 0.05) is 13.1 Å². The minimum Gasteiger partial charge on any atom is -0.496 e. The van der Waals surface area contributed by atoms with E-state index in [-0.39, 0.29) is 11.8 Å². The van der Waals surface area contributed by atoms with E-state index in [0.29, 0.717) is 6.54 Å². The van der Waals surface area contributed by atoms with Crippen LogP contribution in [-0.2, 0) is 11.2 Å². The fourth-order valence-electron chi connectivity index (χ4n) is 2.25. The molecule has 1 unspecified atom stereocenters. The fourth-order valence-corrected chi connectivity index (χ4v) is 2.25. The van der Waals surface area contributed by atoms with Crippen molar-refractivity contribution in [3.63, 3.8) is 0 Å². The van der Waals surface area contributed by atoms with Gasteiger partial charge in [0.05, 0.1) is 13.0 Å². The van der Waals surface area contributed by atoms with Gasteiger partial charge in [0.2, 0.25) is 5.91 Å². The monoisotopic (exact) mass is 248 g/mol. The largest absolute Gasteiger partial charge is 0.496 e. The lowest BCUT2D eigenvalue weighted by molar-refractivity contribution is -0.124. The summed E-state index contributed by atoms with van der Waals surface area (Å²) in [5, 5.41) is 6.19. The van der Waals surface area contributed by atoms with E-state index in [9.17, 15) is 4.79 Å². The summed E-state index contributed by atoms with van der Waals surface area (Å²) in [5.41, 5.74) is 1.13. The maximum Gasteiger partial charge on any atom is 0.224 e. The molecule has 1 atom stereocenters. The highest BCUT2D eigenvalue weighted by atomic mass is 16.5. The number of ether oxygens (including phenoxy) is 1. The molecule has 4 nitrogen and oxygen atoms in total. The summed E-state index contributed by atoms with van der Waals surface area (Å²) in [5.74, 6) is 1.19. The zero-order valence-corrected chi connectivity index (χ0v) is 10.7. The first-order valence-electron chi connectivity index (χ1n) is 6.41. The molecule has 0 aromatic heterocycles. The van der Waals surface area contributed by atoms with Crippen LogP contribution in [0.2, 0.25) is 0 Å². The van der Waals surface area contributed by atoms with Gasteiger partial charge in [-0.2, -0.15) is 0 Å². The molecule has 1 fully saturated rings. The molecule has 1 aliphatic heterocycles. The Morgan fingerprint density at radius 3 is 3.06 bits per heavy atom. The van der Waals surface area contributed by atoms with Crippen LogP contribution in [0.5, 0.6) is 5.75 Å². The Bertz CT molecular complexity index is 401. The number of nitrogens with one attached hydrogen (secondary N) is 2. The van der Waals surface area contributed by atoms with Crippen LogP contribution in [0.3, 0.4) is 0 Å². The maximum atomic E-state index is 11.8. The zero-order valence-electron chi connectivity index (χ0n) is 10.7. The second-order valence-electron chi connectivity index (χ2n) is 4.54. The van der Waals surface area contributed by atoms with Crippen LogP contribution < -0.4 is 15.4 Å². The van der Waals surface area contributed by atoms with Crippen LogP contribution in [-0.4, -0.2) is 32.7 Å². The molecular formula is C14H20N2O2. The van der Waals surface area contributed by atoms with Gasteiger partial charge in [0.25, 0.3) is 0 Å². The number of carbonyl (C=O) groups is 1. The summed E-state index contributed by atoms with van der Waals surface area (Å²) in [4.78, 5) is 11.8. The molecule has 4 heteroatoms. The Labute approximate surface area is 108 Å². The van der Waals surface area contributed by atoms with Crippen molar-refractivity contribution in [3.8, 4) is 5.75 Å². The summed E-state index contributed by atoms with van der Waals surface area (Å²) in [7, 11) is 1.67. The molecule has 1 saturated heterocycles.